The van der Waals surface area contributed by atoms with Crippen LogP contribution in [0.2, 0.25) is 0 Å². The second-order valence-electron chi connectivity index (χ2n) is 3.62. The summed E-state index contributed by atoms with van der Waals surface area (Å²) in [5, 5.41) is 0. The summed E-state index contributed by atoms with van der Waals surface area (Å²) in [6, 6.07) is 0.794. The Hall–Kier alpha value is -0.570. The summed E-state index contributed by atoms with van der Waals surface area (Å²) in [7, 11) is 2.13. The molecule has 1 saturated carbocycles. The van der Waals surface area contributed by atoms with E-state index in [0.717, 1.165) is 19.0 Å². The summed E-state index contributed by atoms with van der Waals surface area (Å²) >= 11 is 0. The molecule has 3 heteroatoms. The second-order valence-corrected chi connectivity index (χ2v) is 3.62. The molecule has 1 rings (SSSR count). The van der Waals surface area contributed by atoms with Gasteiger partial charge in [-0.05, 0) is 39.8 Å². The van der Waals surface area contributed by atoms with Gasteiger partial charge in [-0.3, -0.25) is 4.79 Å². The Morgan fingerprint density at radius 3 is 2.77 bits per heavy atom. The van der Waals surface area contributed by atoms with Crippen molar-refractivity contribution in [1.82, 2.24) is 4.90 Å². The predicted octanol–water partition coefficient (Wildman–Crippen LogP) is 1.42. The summed E-state index contributed by atoms with van der Waals surface area (Å²) in [5.41, 5.74) is 0. The first kappa shape index (κ1) is 10.5. The average molecular weight is 185 g/mol. The van der Waals surface area contributed by atoms with E-state index < -0.39 is 0 Å². The van der Waals surface area contributed by atoms with Crippen molar-refractivity contribution in [2.75, 3.05) is 20.2 Å². The summed E-state index contributed by atoms with van der Waals surface area (Å²) in [5.74, 6) is -0.0632. The Morgan fingerprint density at radius 2 is 2.23 bits per heavy atom. The fourth-order valence-corrected chi connectivity index (χ4v) is 1.40. The highest BCUT2D eigenvalue weighted by atomic mass is 16.5. The van der Waals surface area contributed by atoms with E-state index in [1.165, 1.54) is 12.8 Å². The van der Waals surface area contributed by atoms with Crippen LogP contribution in [0.3, 0.4) is 0 Å². The minimum atomic E-state index is -0.0632. The molecule has 0 heterocycles. The van der Waals surface area contributed by atoms with E-state index in [9.17, 15) is 4.79 Å². The second kappa shape index (κ2) is 5.22. The summed E-state index contributed by atoms with van der Waals surface area (Å²) in [4.78, 5) is 13.3. The SMILES string of the molecule is CCOC(=O)CCCN(C)C1CC1. The lowest BCUT2D eigenvalue weighted by Crippen LogP contribution is -2.22. The van der Waals surface area contributed by atoms with Gasteiger partial charge in [-0.25, -0.2) is 0 Å². The van der Waals surface area contributed by atoms with Gasteiger partial charge in [-0.15, -0.1) is 0 Å². The summed E-state index contributed by atoms with van der Waals surface area (Å²) < 4.78 is 4.84. The van der Waals surface area contributed by atoms with Gasteiger partial charge in [0, 0.05) is 12.5 Å². The normalized spacial score (nSPS) is 16.2. The van der Waals surface area contributed by atoms with Crippen LogP contribution in [0.4, 0.5) is 0 Å². The number of ether oxygens (including phenoxy) is 1. The maximum atomic E-state index is 11.0. The van der Waals surface area contributed by atoms with Gasteiger partial charge in [0.05, 0.1) is 6.61 Å². The molecular weight excluding hydrogens is 166 g/mol. The van der Waals surface area contributed by atoms with Crippen LogP contribution < -0.4 is 0 Å². The van der Waals surface area contributed by atoms with Crippen LogP contribution in [0.15, 0.2) is 0 Å². The minimum Gasteiger partial charge on any atom is -0.466 e. The van der Waals surface area contributed by atoms with Gasteiger partial charge < -0.3 is 9.64 Å². The van der Waals surface area contributed by atoms with Crippen molar-refractivity contribution < 1.29 is 9.53 Å². The highest BCUT2D eigenvalue weighted by molar-refractivity contribution is 5.69. The zero-order valence-electron chi connectivity index (χ0n) is 8.58. The van der Waals surface area contributed by atoms with Gasteiger partial charge in [-0.1, -0.05) is 0 Å². The van der Waals surface area contributed by atoms with Gasteiger partial charge >= 0.3 is 5.97 Å². The molecule has 0 bridgehead atoms. The van der Waals surface area contributed by atoms with Gasteiger partial charge in [0.1, 0.15) is 0 Å². The lowest BCUT2D eigenvalue weighted by molar-refractivity contribution is -0.143. The van der Waals surface area contributed by atoms with Gasteiger partial charge in [0.2, 0.25) is 0 Å². The molecule has 0 aromatic heterocycles. The third-order valence-electron chi connectivity index (χ3n) is 2.37. The van der Waals surface area contributed by atoms with E-state index in [2.05, 4.69) is 11.9 Å². The molecular formula is C10H19NO2. The molecule has 1 aliphatic rings. The van der Waals surface area contributed by atoms with Crippen molar-refractivity contribution >= 4 is 5.97 Å². The Kier molecular flexibility index (Phi) is 4.22. The summed E-state index contributed by atoms with van der Waals surface area (Å²) in [6.45, 7) is 3.36. The van der Waals surface area contributed by atoms with Crippen molar-refractivity contribution in [3.05, 3.63) is 0 Å². The van der Waals surface area contributed by atoms with Gasteiger partial charge in [0.15, 0.2) is 0 Å². The lowest BCUT2D eigenvalue weighted by Gasteiger charge is -2.14. The van der Waals surface area contributed by atoms with Gasteiger partial charge in [-0.2, -0.15) is 0 Å². The molecule has 0 unspecified atom stereocenters. The van der Waals surface area contributed by atoms with Crippen molar-refractivity contribution in [1.29, 1.82) is 0 Å². The number of esters is 1. The van der Waals surface area contributed by atoms with E-state index >= 15 is 0 Å². The number of carbonyl (C=O) groups excluding carboxylic acids is 1. The quantitative estimate of drug-likeness (QED) is 0.586. The van der Waals surface area contributed by atoms with E-state index in [1.807, 2.05) is 6.92 Å². The average Bonchev–Trinajstić information content (AvgIpc) is 2.86. The number of hydrogen-bond donors (Lipinski definition) is 0. The first-order valence-electron chi connectivity index (χ1n) is 5.10. The number of carbonyl (C=O) groups is 1. The van der Waals surface area contributed by atoms with Crippen molar-refractivity contribution in [3.8, 4) is 0 Å². The molecule has 13 heavy (non-hydrogen) atoms. The largest absolute Gasteiger partial charge is 0.466 e. The molecule has 0 aliphatic heterocycles. The van der Waals surface area contributed by atoms with Crippen LogP contribution in [-0.2, 0) is 9.53 Å². The van der Waals surface area contributed by atoms with Crippen molar-refractivity contribution in [3.63, 3.8) is 0 Å². The van der Waals surface area contributed by atoms with Gasteiger partial charge in [0.25, 0.3) is 0 Å². The number of rotatable bonds is 6. The molecule has 76 valence electrons. The number of nitrogens with zero attached hydrogens (tertiary/aromatic N) is 1. The zero-order valence-corrected chi connectivity index (χ0v) is 8.58. The molecule has 0 saturated heterocycles. The van der Waals surface area contributed by atoms with Crippen LogP contribution in [0.5, 0.6) is 0 Å². The monoisotopic (exact) mass is 185 g/mol. The molecule has 0 aromatic rings. The Morgan fingerprint density at radius 1 is 1.54 bits per heavy atom. The fraction of sp³-hybridized carbons (Fsp3) is 0.900. The molecule has 0 atom stereocenters. The standard InChI is InChI=1S/C10H19NO2/c1-3-13-10(12)5-4-8-11(2)9-6-7-9/h9H,3-8H2,1-2H3. The Labute approximate surface area is 80.1 Å². The molecule has 0 radical (unpaired) electrons. The van der Waals surface area contributed by atoms with Crippen molar-refractivity contribution in [2.45, 2.75) is 38.6 Å². The Balaban J connectivity index is 1.96. The van der Waals surface area contributed by atoms with Crippen molar-refractivity contribution in [2.24, 2.45) is 0 Å². The fourth-order valence-electron chi connectivity index (χ4n) is 1.40. The first-order valence-corrected chi connectivity index (χ1v) is 5.10. The molecule has 0 spiro atoms. The predicted molar refractivity (Wildman–Crippen MR) is 51.5 cm³/mol. The minimum absolute atomic E-state index is 0.0632. The summed E-state index contributed by atoms with van der Waals surface area (Å²) in [6.07, 6.45) is 4.14. The molecule has 0 N–H and O–H groups in total. The molecule has 0 amide bonds. The maximum Gasteiger partial charge on any atom is 0.305 e. The zero-order chi connectivity index (χ0) is 9.68. The smallest absolute Gasteiger partial charge is 0.305 e. The highest BCUT2D eigenvalue weighted by Crippen LogP contribution is 2.25. The van der Waals surface area contributed by atoms with Crippen LogP contribution in [0.1, 0.15) is 32.6 Å². The maximum absolute atomic E-state index is 11.0. The number of hydrogen-bond acceptors (Lipinski definition) is 3. The van der Waals surface area contributed by atoms with Crippen LogP contribution >= 0.6 is 0 Å². The van der Waals surface area contributed by atoms with Crippen LogP contribution in [0.25, 0.3) is 0 Å². The third kappa shape index (κ3) is 4.27. The van der Waals surface area contributed by atoms with E-state index in [0.29, 0.717) is 13.0 Å². The lowest BCUT2D eigenvalue weighted by atomic mass is 10.3. The molecule has 3 nitrogen and oxygen atoms in total. The van der Waals surface area contributed by atoms with Crippen LogP contribution in [-0.4, -0.2) is 37.1 Å². The van der Waals surface area contributed by atoms with E-state index in [1.54, 1.807) is 0 Å². The first-order chi connectivity index (χ1) is 6.24. The van der Waals surface area contributed by atoms with Crippen LogP contribution in [0, 0.1) is 0 Å². The molecule has 1 fully saturated rings. The highest BCUT2D eigenvalue weighted by Gasteiger charge is 2.25. The molecule has 1 aliphatic carbocycles. The van der Waals surface area contributed by atoms with E-state index in [-0.39, 0.29) is 5.97 Å². The molecule has 0 aromatic carbocycles. The third-order valence-corrected chi connectivity index (χ3v) is 2.37. The van der Waals surface area contributed by atoms with E-state index in [4.69, 9.17) is 4.74 Å². The Bertz CT molecular complexity index is 166. The topological polar surface area (TPSA) is 29.5 Å².